The van der Waals surface area contributed by atoms with Crippen molar-refractivity contribution in [3.8, 4) is 23.0 Å². The van der Waals surface area contributed by atoms with E-state index in [1.807, 2.05) is 0 Å². The van der Waals surface area contributed by atoms with E-state index in [9.17, 15) is 55.2 Å². The Hall–Kier alpha value is -5.31. The van der Waals surface area contributed by atoms with Gasteiger partial charge in [-0.25, -0.2) is 0 Å². The van der Waals surface area contributed by atoms with Crippen LogP contribution in [0.3, 0.4) is 0 Å². The van der Waals surface area contributed by atoms with E-state index in [1.165, 1.54) is 43.4 Å². The molecule has 0 aromatic heterocycles. The summed E-state index contributed by atoms with van der Waals surface area (Å²) >= 11 is 0. The fourth-order valence-corrected chi connectivity index (χ4v) is 9.13. The lowest BCUT2D eigenvalue weighted by Crippen LogP contribution is -2.53. The number of Topliss-reactive ketones (excluding diaryl/α,β-unsaturated/α-hetero) is 1. The molecule has 0 amide bonds. The number of aliphatic hydroxyl groups excluding tert-OH is 4. The molecular formula is C52H66N2O15. The highest BCUT2D eigenvalue weighted by Gasteiger charge is 2.50. The number of ether oxygens (including phenoxy) is 4. The van der Waals surface area contributed by atoms with Crippen LogP contribution < -0.4 is 15.8 Å². The molecule has 0 spiro atoms. The van der Waals surface area contributed by atoms with Gasteiger partial charge in [0, 0.05) is 67.3 Å². The number of aromatic hydroxyl groups is 3. The molecule has 1 saturated heterocycles. The van der Waals surface area contributed by atoms with E-state index in [1.54, 1.807) is 19.1 Å². The number of ketones is 3. The number of aliphatic hydroxyl groups is 5. The van der Waals surface area contributed by atoms with E-state index in [2.05, 4.69) is 35.6 Å². The average Bonchev–Trinajstić information content (AvgIpc) is 3.34. The van der Waals surface area contributed by atoms with Gasteiger partial charge in [-0.1, -0.05) is 61.4 Å². The normalized spacial score (nSPS) is 22.2. The van der Waals surface area contributed by atoms with Crippen molar-refractivity contribution in [3.63, 3.8) is 0 Å². The monoisotopic (exact) mass is 958 g/mol. The summed E-state index contributed by atoms with van der Waals surface area (Å²) in [6.07, 6.45) is 2.12. The quantitative estimate of drug-likeness (QED) is 0.0366. The van der Waals surface area contributed by atoms with E-state index in [0.29, 0.717) is 17.7 Å². The molecule has 7 rings (SSSR count). The van der Waals surface area contributed by atoms with Gasteiger partial charge in [0.25, 0.3) is 0 Å². The number of carbonyl (C=O) groups excluding carboxylic acids is 3. The third-order valence-corrected chi connectivity index (χ3v) is 13.0. The molecule has 3 aliphatic rings. The first-order valence-electron chi connectivity index (χ1n) is 23.5. The Balaban J connectivity index is 0.000000236. The van der Waals surface area contributed by atoms with Gasteiger partial charge in [-0.3, -0.25) is 14.4 Å². The van der Waals surface area contributed by atoms with Crippen LogP contribution in [-0.2, 0) is 38.5 Å². The van der Waals surface area contributed by atoms with Crippen molar-refractivity contribution >= 4 is 17.3 Å². The summed E-state index contributed by atoms with van der Waals surface area (Å²) in [6.45, 7) is 3.33. The molecule has 0 bridgehead atoms. The number of aryl methyl sites for hydroxylation is 1. The van der Waals surface area contributed by atoms with Crippen molar-refractivity contribution in [1.82, 2.24) is 5.32 Å². The van der Waals surface area contributed by atoms with Crippen LogP contribution in [0.1, 0.15) is 130 Å². The maximum atomic E-state index is 13.6. The van der Waals surface area contributed by atoms with Crippen molar-refractivity contribution in [2.45, 2.75) is 120 Å². The van der Waals surface area contributed by atoms with Crippen molar-refractivity contribution in [2.75, 3.05) is 40.0 Å². The molecule has 11 N–H and O–H groups in total. The van der Waals surface area contributed by atoms with Crippen LogP contribution in [0, 0.1) is 0 Å². The number of rotatable bonds is 21. The molecule has 374 valence electrons. The minimum atomic E-state index is -2.24. The average molecular weight is 959 g/mol. The zero-order valence-corrected chi connectivity index (χ0v) is 39.1. The Kier molecular flexibility index (Phi) is 18.8. The number of unbranched alkanes of at least 4 members (excludes halogenated alkanes) is 4. The van der Waals surface area contributed by atoms with Crippen LogP contribution in [0.25, 0.3) is 0 Å². The fraction of sp³-hybridized carbons (Fsp3) is 0.481. The molecule has 1 fully saturated rings. The molecule has 4 aromatic carbocycles. The molecule has 1 unspecified atom stereocenters. The number of benzene rings is 4. The number of phenols is 3. The van der Waals surface area contributed by atoms with Gasteiger partial charge in [0.15, 0.2) is 17.9 Å². The molecule has 4 aromatic rings. The van der Waals surface area contributed by atoms with Gasteiger partial charge in [-0.05, 0) is 74.9 Å². The smallest absolute Gasteiger partial charge is 0.202 e. The zero-order valence-electron chi connectivity index (χ0n) is 39.1. The summed E-state index contributed by atoms with van der Waals surface area (Å²) in [5.41, 5.74) is 4.91. The van der Waals surface area contributed by atoms with Crippen LogP contribution in [0.5, 0.6) is 23.0 Å². The minimum Gasteiger partial charge on any atom is -0.508 e. The minimum absolute atomic E-state index is 0.0173. The van der Waals surface area contributed by atoms with Crippen LogP contribution in [-0.4, -0.2) is 128 Å². The summed E-state index contributed by atoms with van der Waals surface area (Å²) in [5.74, 6) is -3.72. The Labute approximate surface area is 401 Å². The highest BCUT2D eigenvalue weighted by atomic mass is 16.7. The Morgan fingerprint density at radius 2 is 1.61 bits per heavy atom. The lowest BCUT2D eigenvalue weighted by atomic mass is 9.72. The third-order valence-electron chi connectivity index (χ3n) is 13.0. The largest absolute Gasteiger partial charge is 0.508 e. The second kappa shape index (κ2) is 24.5. The van der Waals surface area contributed by atoms with Gasteiger partial charge >= 0.3 is 0 Å². The topological polar surface area (TPSA) is 288 Å². The second-order valence-corrected chi connectivity index (χ2v) is 17.9. The number of fused-ring (bicyclic) bond motifs is 3. The number of hydrogen-bond donors (Lipinski definition) is 10. The van der Waals surface area contributed by atoms with Crippen molar-refractivity contribution in [3.05, 3.63) is 117 Å². The predicted octanol–water partition coefficient (Wildman–Crippen LogP) is 4.11. The Morgan fingerprint density at radius 3 is 2.30 bits per heavy atom. The first-order chi connectivity index (χ1) is 33.1. The van der Waals surface area contributed by atoms with E-state index >= 15 is 0 Å². The summed E-state index contributed by atoms with van der Waals surface area (Å²) in [4.78, 5) is 39.7. The lowest BCUT2D eigenvalue weighted by Gasteiger charge is -2.42. The number of hydrogen-bond acceptors (Lipinski definition) is 17. The first-order valence-corrected chi connectivity index (χ1v) is 23.5. The van der Waals surface area contributed by atoms with Crippen molar-refractivity contribution < 1.29 is 74.2 Å². The molecule has 0 saturated carbocycles. The summed E-state index contributed by atoms with van der Waals surface area (Å²) in [5, 5.41) is 85.9. The SMILES string of the molecule is COc1cccc2c1C(=O)c1c(O)c3c(c(O)c1C2=O)C[C@@](O)(C(=O)CO)C[C@@H]3O[C@H]1C[C@H](N)[C@H](O)[C@H](C)O1.OCc1cc(C(O)CNCCCCCCOCCCCc2ccccc2)ccc1O. The van der Waals surface area contributed by atoms with Gasteiger partial charge in [0.05, 0.1) is 54.8 Å². The van der Waals surface area contributed by atoms with Crippen molar-refractivity contribution in [1.29, 1.82) is 0 Å². The maximum Gasteiger partial charge on any atom is 0.202 e. The Morgan fingerprint density at radius 1 is 0.899 bits per heavy atom. The molecular weight excluding hydrogens is 893 g/mol. The van der Waals surface area contributed by atoms with Gasteiger partial charge in [0.1, 0.15) is 35.2 Å². The van der Waals surface area contributed by atoms with Gasteiger partial charge in [-0.15, -0.1) is 0 Å². The molecule has 2 aliphatic carbocycles. The second-order valence-electron chi connectivity index (χ2n) is 17.9. The summed E-state index contributed by atoms with van der Waals surface area (Å²) < 4.78 is 22.7. The molecule has 7 atom stereocenters. The van der Waals surface area contributed by atoms with Crippen molar-refractivity contribution in [2.24, 2.45) is 5.73 Å². The third kappa shape index (κ3) is 12.5. The molecule has 0 radical (unpaired) electrons. The summed E-state index contributed by atoms with van der Waals surface area (Å²) in [6, 6.07) is 19.1. The van der Waals surface area contributed by atoms with E-state index in [4.69, 9.17) is 24.7 Å². The van der Waals surface area contributed by atoms with Gasteiger partial charge in [0.2, 0.25) is 5.78 Å². The number of nitrogens with two attached hydrogens (primary N) is 1. The predicted molar refractivity (Wildman–Crippen MR) is 252 cm³/mol. The molecule has 69 heavy (non-hydrogen) atoms. The zero-order chi connectivity index (χ0) is 49.8. The number of phenolic OH excluding ortho intramolecular Hbond substituents is 2. The number of nitrogens with one attached hydrogen (secondary N) is 1. The highest BCUT2D eigenvalue weighted by Crippen LogP contribution is 2.52. The van der Waals surface area contributed by atoms with Gasteiger partial charge < -0.3 is 70.9 Å². The van der Waals surface area contributed by atoms with Crippen LogP contribution >= 0.6 is 0 Å². The van der Waals surface area contributed by atoms with Crippen LogP contribution in [0.4, 0.5) is 0 Å². The van der Waals surface area contributed by atoms with Crippen LogP contribution in [0.15, 0.2) is 66.7 Å². The van der Waals surface area contributed by atoms with E-state index in [-0.39, 0.29) is 46.8 Å². The molecule has 1 heterocycles. The molecule has 17 heteroatoms. The first kappa shape index (κ1) is 53.0. The van der Waals surface area contributed by atoms with E-state index in [0.717, 1.165) is 58.3 Å². The Bertz CT molecular complexity index is 2380. The standard InChI is InChI=1S/C27H29NO11.C25H37NO4/c1-10-22(31)13(28)6-17(38-10)39-15-8-27(36,16(30)9-29)7-12-19(15)26(35)21-20(24(12)33)23(32)11-4-3-5-14(37-2)18(11)25(21)34;27-20-23-18-22(13-14-24(23)28)25(29)19-26-15-7-1-2-8-16-30-17-9-6-12-21-10-4-3-5-11-21/h3-5,10,13,15,17,22,29,31,33,35-36H,6-9,28H2,1-2H3;3-5,10-11,13-14,18,25-29H,1-2,6-9,12,15-17,19-20H2/t10-,13-,15-,17-,22+,27-;/m0./s1. The van der Waals surface area contributed by atoms with Gasteiger partial charge in [-0.2, -0.15) is 0 Å². The lowest BCUT2D eigenvalue weighted by molar-refractivity contribution is -0.247. The van der Waals surface area contributed by atoms with Crippen LogP contribution in [0.2, 0.25) is 0 Å². The highest BCUT2D eigenvalue weighted by molar-refractivity contribution is 6.31. The number of methoxy groups -OCH3 is 1. The fourth-order valence-electron chi connectivity index (χ4n) is 9.13. The van der Waals surface area contributed by atoms with E-state index < -0.39 is 102 Å². The maximum absolute atomic E-state index is 13.6. The molecule has 17 nitrogen and oxygen atoms in total. The summed E-state index contributed by atoms with van der Waals surface area (Å²) in [7, 11) is 1.32. The number of carbonyl (C=O) groups is 3. The molecule has 1 aliphatic heterocycles.